The van der Waals surface area contributed by atoms with E-state index in [1.807, 2.05) is 30.3 Å². The van der Waals surface area contributed by atoms with Crippen molar-refractivity contribution in [2.75, 3.05) is 12.5 Å². The van der Waals surface area contributed by atoms with Crippen molar-refractivity contribution in [1.82, 2.24) is 4.98 Å². The second-order valence-corrected chi connectivity index (χ2v) is 8.11. The van der Waals surface area contributed by atoms with Gasteiger partial charge in [-0.3, -0.25) is 5.43 Å². The maximum absolute atomic E-state index is 12.4. The van der Waals surface area contributed by atoms with Gasteiger partial charge in [0, 0.05) is 4.47 Å². The van der Waals surface area contributed by atoms with E-state index in [9.17, 15) is 4.79 Å². The van der Waals surface area contributed by atoms with Crippen LogP contribution in [0.15, 0.2) is 76.3 Å². The molecule has 0 unspecified atom stereocenters. The summed E-state index contributed by atoms with van der Waals surface area (Å²) in [4.78, 5) is 16.8. The monoisotopic (exact) mass is 481 g/mol. The zero-order valence-electron chi connectivity index (χ0n) is 15.8. The smallest absolute Gasteiger partial charge is 0.343 e. The maximum atomic E-state index is 12.4. The molecule has 0 bridgehead atoms. The highest BCUT2D eigenvalue weighted by atomic mass is 79.9. The lowest BCUT2D eigenvalue weighted by Gasteiger charge is -2.10. The quantitative estimate of drug-likeness (QED) is 0.164. The number of hydrogen-bond donors (Lipinski definition) is 1. The number of esters is 1. The summed E-state index contributed by atoms with van der Waals surface area (Å²) in [5.74, 6) is 0.301. The van der Waals surface area contributed by atoms with E-state index in [0.717, 1.165) is 20.3 Å². The summed E-state index contributed by atoms with van der Waals surface area (Å²) in [6.07, 6.45) is 1.65. The third-order valence-electron chi connectivity index (χ3n) is 4.12. The zero-order chi connectivity index (χ0) is 20.9. The van der Waals surface area contributed by atoms with Crippen molar-refractivity contribution in [1.29, 1.82) is 0 Å². The first-order chi connectivity index (χ1) is 14.6. The number of nitrogens with zero attached hydrogens (tertiary/aromatic N) is 2. The molecule has 0 fully saturated rings. The van der Waals surface area contributed by atoms with E-state index < -0.39 is 5.97 Å². The summed E-state index contributed by atoms with van der Waals surface area (Å²) in [6, 6.07) is 20.1. The first kappa shape index (κ1) is 20.1. The Morgan fingerprint density at radius 3 is 2.77 bits per heavy atom. The van der Waals surface area contributed by atoms with E-state index in [4.69, 9.17) is 9.47 Å². The van der Waals surface area contributed by atoms with Crippen LogP contribution in [0, 0.1) is 0 Å². The molecule has 0 aliphatic rings. The fraction of sp³-hybridized carbons (Fsp3) is 0.0455. The molecular weight excluding hydrogens is 466 g/mol. The molecule has 0 spiro atoms. The van der Waals surface area contributed by atoms with E-state index in [0.29, 0.717) is 22.2 Å². The maximum Gasteiger partial charge on any atom is 0.343 e. The predicted octanol–water partition coefficient (Wildman–Crippen LogP) is 5.73. The molecule has 1 aromatic heterocycles. The van der Waals surface area contributed by atoms with Gasteiger partial charge in [0.2, 0.25) is 5.13 Å². The fourth-order valence-corrected chi connectivity index (χ4v) is 3.92. The summed E-state index contributed by atoms with van der Waals surface area (Å²) in [7, 11) is 1.52. The van der Waals surface area contributed by atoms with Gasteiger partial charge in [0.1, 0.15) is 0 Å². The van der Waals surface area contributed by atoms with Crippen molar-refractivity contribution >= 4 is 54.8 Å². The highest BCUT2D eigenvalue weighted by Crippen LogP contribution is 2.29. The second kappa shape index (κ2) is 9.06. The van der Waals surface area contributed by atoms with Gasteiger partial charge in [0.25, 0.3) is 0 Å². The highest BCUT2D eigenvalue weighted by molar-refractivity contribution is 9.10. The van der Waals surface area contributed by atoms with Gasteiger partial charge in [-0.2, -0.15) is 5.10 Å². The number of methoxy groups -OCH3 is 1. The van der Waals surface area contributed by atoms with Crippen LogP contribution in [0.5, 0.6) is 11.5 Å². The number of benzene rings is 3. The Kier molecular flexibility index (Phi) is 6.06. The van der Waals surface area contributed by atoms with Gasteiger partial charge < -0.3 is 9.47 Å². The second-order valence-electron chi connectivity index (χ2n) is 6.17. The Morgan fingerprint density at radius 1 is 1.10 bits per heavy atom. The molecule has 30 heavy (non-hydrogen) atoms. The van der Waals surface area contributed by atoms with Crippen molar-refractivity contribution in [3.63, 3.8) is 0 Å². The molecular formula is C22H16BrN3O3S. The number of thiazole rings is 1. The number of carbonyl (C=O) groups excluding carboxylic acids is 1. The van der Waals surface area contributed by atoms with Crippen molar-refractivity contribution in [3.8, 4) is 11.5 Å². The summed E-state index contributed by atoms with van der Waals surface area (Å²) in [5.41, 5.74) is 5.09. The standard InChI is InChI=1S/C22H16BrN3O3S/c1-28-19-11-14(13-24-26-22-25-17-7-2-3-8-20(17)30-22)9-10-18(19)29-21(27)15-5-4-6-16(23)12-15/h2-13H,1H3,(H,25,26)/b24-13-. The fourth-order valence-electron chi connectivity index (χ4n) is 2.71. The number of para-hydroxylation sites is 1. The lowest BCUT2D eigenvalue weighted by atomic mass is 10.2. The predicted molar refractivity (Wildman–Crippen MR) is 123 cm³/mol. The summed E-state index contributed by atoms with van der Waals surface area (Å²) in [6.45, 7) is 0. The summed E-state index contributed by atoms with van der Waals surface area (Å²) < 4.78 is 12.8. The van der Waals surface area contributed by atoms with Crippen LogP contribution in [0.1, 0.15) is 15.9 Å². The van der Waals surface area contributed by atoms with Crippen molar-refractivity contribution in [3.05, 3.63) is 82.3 Å². The average molecular weight is 482 g/mol. The molecule has 1 N–H and O–H groups in total. The third-order valence-corrected chi connectivity index (χ3v) is 5.55. The molecule has 6 nitrogen and oxygen atoms in total. The molecule has 4 rings (SSSR count). The number of ether oxygens (including phenoxy) is 2. The third kappa shape index (κ3) is 4.67. The Morgan fingerprint density at radius 2 is 1.97 bits per heavy atom. The molecule has 0 radical (unpaired) electrons. The Balaban J connectivity index is 1.46. The van der Waals surface area contributed by atoms with Gasteiger partial charge in [0.05, 0.1) is 29.1 Å². The molecule has 0 aliphatic heterocycles. The molecule has 0 saturated heterocycles. The van der Waals surface area contributed by atoms with Crippen LogP contribution in [0.25, 0.3) is 10.2 Å². The minimum Gasteiger partial charge on any atom is -0.493 e. The summed E-state index contributed by atoms with van der Waals surface area (Å²) in [5, 5.41) is 4.94. The molecule has 0 atom stereocenters. The first-order valence-electron chi connectivity index (χ1n) is 8.93. The number of hydrogen-bond acceptors (Lipinski definition) is 7. The van der Waals surface area contributed by atoms with Crippen molar-refractivity contribution in [2.24, 2.45) is 5.10 Å². The molecule has 1 heterocycles. The minimum absolute atomic E-state index is 0.332. The number of fused-ring (bicyclic) bond motifs is 1. The lowest BCUT2D eigenvalue weighted by molar-refractivity contribution is 0.0729. The highest BCUT2D eigenvalue weighted by Gasteiger charge is 2.13. The van der Waals surface area contributed by atoms with Crippen LogP contribution in [0.2, 0.25) is 0 Å². The van der Waals surface area contributed by atoms with Crippen LogP contribution in [0.4, 0.5) is 5.13 Å². The van der Waals surface area contributed by atoms with Crippen molar-refractivity contribution < 1.29 is 14.3 Å². The minimum atomic E-state index is -0.464. The van der Waals surface area contributed by atoms with Gasteiger partial charge in [-0.05, 0) is 54.1 Å². The van der Waals surface area contributed by atoms with Gasteiger partial charge in [-0.1, -0.05) is 45.5 Å². The number of nitrogens with one attached hydrogen (secondary N) is 1. The Bertz CT molecular complexity index is 1210. The average Bonchev–Trinajstić information content (AvgIpc) is 3.17. The van der Waals surface area contributed by atoms with Gasteiger partial charge in [-0.25, -0.2) is 9.78 Å². The van der Waals surface area contributed by atoms with E-state index >= 15 is 0 Å². The van der Waals surface area contributed by atoms with Crippen LogP contribution in [-0.2, 0) is 0 Å². The number of halogens is 1. The van der Waals surface area contributed by atoms with Crippen LogP contribution in [0.3, 0.4) is 0 Å². The molecule has 8 heteroatoms. The largest absolute Gasteiger partial charge is 0.493 e. The Labute approximate surface area is 185 Å². The van der Waals surface area contributed by atoms with E-state index in [1.54, 1.807) is 42.6 Å². The molecule has 4 aromatic rings. The van der Waals surface area contributed by atoms with E-state index in [2.05, 4.69) is 31.4 Å². The van der Waals surface area contributed by atoms with Crippen LogP contribution >= 0.6 is 27.3 Å². The number of rotatable bonds is 6. The molecule has 3 aromatic carbocycles. The van der Waals surface area contributed by atoms with Crippen molar-refractivity contribution in [2.45, 2.75) is 0 Å². The molecule has 0 aliphatic carbocycles. The van der Waals surface area contributed by atoms with Gasteiger partial charge in [0.15, 0.2) is 11.5 Å². The summed E-state index contributed by atoms with van der Waals surface area (Å²) >= 11 is 4.87. The van der Waals surface area contributed by atoms with Gasteiger partial charge >= 0.3 is 5.97 Å². The SMILES string of the molecule is COc1cc(/C=N\Nc2nc3ccccc3s2)ccc1OC(=O)c1cccc(Br)c1. The number of carbonyl (C=O) groups is 1. The first-order valence-corrected chi connectivity index (χ1v) is 10.5. The Hall–Kier alpha value is -3.23. The topological polar surface area (TPSA) is 72.8 Å². The van der Waals surface area contributed by atoms with Crippen LogP contribution in [-0.4, -0.2) is 24.3 Å². The van der Waals surface area contributed by atoms with E-state index in [1.165, 1.54) is 18.4 Å². The zero-order valence-corrected chi connectivity index (χ0v) is 18.2. The number of anilines is 1. The molecule has 150 valence electrons. The van der Waals surface area contributed by atoms with Gasteiger partial charge in [-0.15, -0.1) is 0 Å². The van der Waals surface area contributed by atoms with E-state index in [-0.39, 0.29) is 0 Å². The lowest BCUT2D eigenvalue weighted by Crippen LogP contribution is -2.09. The number of aromatic nitrogens is 1. The normalized spacial score (nSPS) is 11.0. The molecule has 0 amide bonds. The van der Waals surface area contributed by atoms with Crippen LogP contribution < -0.4 is 14.9 Å². The number of hydrazone groups is 1. The molecule has 0 saturated carbocycles.